The van der Waals surface area contributed by atoms with Crippen LogP contribution >= 0.6 is 0 Å². The molecule has 2 rings (SSSR count). The molecule has 112 valence electrons. The van der Waals surface area contributed by atoms with Crippen molar-refractivity contribution in [1.82, 2.24) is 4.31 Å². The SMILES string of the molecule is CC1(C)CCCN(S(=O)(=O)c2ccc(O)c(N)c2)CC1. The zero-order valence-electron chi connectivity index (χ0n) is 12.0. The number of phenolic OH excluding ortho intramolecular Hbond substituents is 1. The maximum atomic E-state index is 12.6. The molecule has 1 aliphatic heterocycles. The first kappa shape index (κ1) is 15.1. The van der Waals surface area contributed by atoms with Gasteiger partial charge in [0.15, 0.2) is 0 Å². The van der Waals surface area contributed by atoms with Gasteiger partial charge in [-0.15, -0.1) is 0 Å². The molecule has 0 aromatic heterocycles. The van der Waals surface area contributed by atoms with Gasteiger partial charge in [-0.2, -0.15) is 4.31 Å². The zero-order valence-corrected chi connectivity index (χ0v) is 12.8. The molecule has 0 atom stereocenters. The van der Waals surface area contributed by atoms with Crippen LogP contribution < -0.4 is 5.73 Å². The molecule has 0 spiro atoms. The first-order valence-corrected chi connectivity index (χ1v) is 8.25. The number of sulfonamides is 1. The van der Waals surface area contributed by atoms with Crippen LogP contribution in [0.3, 0.4) is 0 Å². The van der Waals surface area contributed by atoms with Crippen LogP contribution in [0.1, 0.15) is 33.1 Å². The molecule has 1 heterocycles. The molecule has 3 N–H and O–H groups in total. The van der Waals surface area contributed by atoms with Crippen LogP contribution in [0.5, 0.6) is 5.75 Å². The van der Waals surface area contributed by atoms with E-state index in [1.165, 1.54) is 22.5 Å². The van der Waals surface area contributed by atoms with Crippen molar-refractivity contribution in [3.63, 3.8) is 0 Å². The molecular formula is C14H22N2O3S. The molecule has 1 aliphatic rings. The second-order valence-corrected chi connectivity index (χ2v) is 8.08. The Labute approximate surface area is 120 Å². The van der Waals surface area contributed by atoms with Crippen LogP contribution in [-0.4, -0.2) is 30.9 Å². The van der Waals surface area contributed by atoms with Gasteiger partial charge in [-0.05, 0) is 42.9 Å². The highest BCUT2D eigenvalue weighted by Gasteiger charge is 2.30. The fourth-order valence-electron chi connectivity index (χ4n) is 2.48. The average molecular weight is 298 g/mol. The Morgan fingerprint density at radius 1 is 1.25 bits per heavy atom. The van der Waals surface area contributed by atoms with Gasteiger partial charge in [-0.1, -0.05) is 13.8 Å². The number of hydrogen-bond donors (Lipinski definition) is 2. The molecule has 5 nitrogen and oxygen atoms in total. The zero-order chi connectivity index (χ0) is 15.0. The summed E-state index contributed by atoms with van der Waals surface area (Å²) < 4.78 is 26.7. The second kappa shape index (κ2) is 5.26. The minimum Gasteiger partial charge on any atom is -0.506 e. The van der Waals surface area contributed by atoms with Crippen LogP contribution in [0.25, 0.3) is 0 Å². The van der Waals surface area contributed by atoms with Crippen molar-refractivity contribution in [3.8, 4) is 5.75 Å². The molecule has 1 aromatic rings. The third-order valence-corrected chi connectivity index (χ3v) is 5.83. The summed E-state index contributed by atoms with van der Waals surface area (Å²) in [5, 5.41) is 9.40. The molecule has 0 bridgehead atoms. The summed E-state index contributed by atoms with van der Waals surface area (Å²) >= 11 is 0. The Hall–Kier alpha value is -1.27. The van der Waals surface area contributed by atoms with E-state index in [1.54, 1.807) is 0 Å². The van der Waals surface area contributed by atoms with E-state index in [4.69, 9.17) is 5.73 Å². The van der Waals surface area contributed by atoms with Crippen LogP contribution in [0.4, 0.5) is 5.69 Å². The van der Waals surface area contributed by atoms with E-state index in [2.05, 4.69) is 13.8 Å². The number of anilines is 1. The highest BCUT2D eigenvalue weighted by molar-refractivity contribution is 7.89. The number of nitrogen functional groups attached to an aromatic ring is 1. The third kappa shape index (κ3) is 3.07. The van der Waals surface area contributed by atoms with E-state index in [9.17, 15) is 13.5 Å². The molecule has 0 aliphatic carbocycles. The summed E-state index contributed by atoms with van der Waals surface area (Å²) in [5.74, 6) is -0.0963. The quantitative estimate of drug-likeness (QED) is 0.647. The van der Waals surface area contributed by atoms with Crippen molar-refractivity contribution < 1.29 is 13.5 Å². The highest BCUT2D eigenvalue weighted by atomic mass is 32.2. The first-order chi connectivity index (χ1) is 9.22. The van der Waals surface area contributed by atoms with E-state index >= 15 is 0 Å². The van der Waals surface area contributed by atoms with Crippen molar-refractivity contribution in [2.45, 2.75) is 38.0 Å². The van der Waals surface area contributed by atoms with Crippen molar-refractivity contribution in [2.75, 3.05) is 18.8 Å². The predicted octanol–water partition coefficient (Wildman–Crippen LogP) is 2.18. The Morgan fingerprint density at radius 3 is 2.60 bits per heavy atom. The largest absolute Gasteiger partial charge is 0.506 e. The molecule has 20 heavy (non-hydrogen) atoms. The molecule has 1 fully saturated rings. The molecule has 0 saturated carbocycles. The van der Waals surface area contributed by atoms with E-state index in [-0.39, 0.29) is 21.7 Å². The van der Waals surface area contributed by atoms with Gasteiger partial charge in [-0.3, -0.25) is 0 Å². The first-order valence-electron chi connectivity index (χ1n) is 6.81. The molecular weight excluding hydrogens is 276 g/mol. The molecule has 1 saturated heterocycles. The van der Waals surface area contributed by atoms with Crippen LogP contribution in [-0.2, 0) is 10.0 Å². The van der Waals surface area contributed by atoms with Gasteiger partial charge < -0.3 is 10.8 Å². The minimum atomic E-state index is -3.53. The average Bonchev–Trinajstić information content (AvgIpc) is 2.54. The Kier molecular flexibility index (Phi) is 3.97. The van der Waals surface area contributed by atoms with Crippen LogP contribution in [0.2, 0.25) is 0 Å². The lowest BCUT2D eigenvalue weighted by Gasteiger charge is -2.23. The number of benzene rings is 1. The summed E-state index contributed by atoms with van der Waals surface area (Å²) in [7, 11) is -3.53. The second-order valence-electron chi connectivity index (χ2n) is 6.14. The van der Waals surface area contributed by atoms with Gasteiger partial charge >= 0.3 is 0 Å². The Balaban J connectivity index is 2.28. The number of hydrogen-bond acceptors (Lipinski definition) is 4. The molecule has 0 unspecified atom stereocenters. The molecule has 0 radical (unpaired) electrons. The number of nitrogens with zero attached hydrogens (tertiary/aromatic N) is 1. The lowest BCUT2D eigenvalue weighted by atomic mass is 9.85. The Morgan fingerprint density at radius 2 is 1.95 bits per heavy atom. The summed E-state index contributed by atoms with van der Waals surface area (Å²) in [6.45, 7) is 5.39. The standard InChI is InChI=1S/C14H22N2O3S/c1-14(2)6-3-8-16(9-7-14)20(18,19)11-4-5-13(17)12(15)10-11/h4-5,10,17H,3,6-9,15H2,1-2H3. The van der Waals surface area contributed by atoms with Crippen molar-refractivity contribution in [2.24, 2.45) is 5.41 Å². The van der Waals surface area contributed by atoms with Gasteiger partial charge in [0.2, 0.25) is 10.0 Å². The molecule has 1 aromatic carbocycles. The summed E-state index contributed by atoms with van der Waals surface area (Å²) in [6, 6.07) is 4.04. The maximum Gasteiger partial charge on any atom is 0.243 e. The van der Waals surface area contributed by atoms with E-state index in [0.29, 0.717) is 13.1 Å². The monoisotopic (exact) mass is 298 g/mol. The summed E-state index contributed by atoms with van der Waals surface area (Å²) in [4.78, 5) is 0.146. The van der Waals surface area contributed by atoms with Crippen LogP contribution in [0.15, 0.2) is 23.1 Å². The predicted molar refractivity (Wildman–Crippen MR) is 78.9 cm³/mol. The summed E-state index contributed by atoms with van der Waals surface area (Å²) in [5.41, 5.74) is 5.85. The van der Waals surface area contributed by atoms with Crippen molar-refractivity contribution in [1.29, 1.82) is 0 Å². The molecule has 0 amide bonds. The third-order valence-electron chi connectivity index (χ3n) is 3.94. The van der Waals surface area contributed by atoms with E-state index < -0.39 is 10.0 Å². The minimum absolute atomic E-state index is 0.0845. The van der Waals surface area contributed by atoms with E-state index in [0.717, 1.165) is 19.3 Å². The van der Waals surface area contributed by atoms with Crippen LogP contribution in [0, 0.1) is 5.41 Å². The smallest absolute Gasteiger partial charge is 0.243 e. The fraction of sp³-hybridized carbons (Fsp3) is 0.571. The number of phenols is 1. The van der Waals surface area contributed by atoms with Crippen molar-refractivity contribution in [3.05, 3.63) is 18.2 Å². The fourth-order valence-corrected chi connectivity index (χ4v) is 4.00. The lowest BCUT2D eigenvalue weighted by Crippen LogP contribution is -2.32. The topological polar surface area (TPSA) is 83.6 Å². The van der Waals surface area contributed by atoms with Gasteiger partial charge in [0.25, 0.3) is 0 Å². The Bertz CT molecular complexity index is 596. The number of nitrogens with two attached hydrogens (primary N) is 1. The van der Waals surface area contributed by atoms with Gasteiger partial charge in [-0.25, -0.2) is 8.42 Å². The van der Waals surface area contributed by atoms with E-state index in [1.807, 2.05) is 0 Å². The molecule has 6 heteroatoms. The highest BCUT2D eigenvalue weighted by Crippen LogP contribution is 2.32. The normalized spacial score (nSPS) is 20.5. The maximum absolute atomic E-state index is 12.6. The number of aromatic hydroxyl groups is 1. The number of rotatable bonds is 2. The lowest BCUT2D eigenvalue weighted by molar-refractivity contribution is 0.315. The summed E-state index contributed by atoms with van der Waals surface area (Å²) in [6.07, 6.45) is 2.73. The van der Waals surface area contributed by atoms with Crippen molar-refractivity contribution >= 4 is 15.7 Å². The van der Waals surface area contributed by atoms with Gasteiger partial charge in [0, 0.05) is 13.1 Å². The van der Waals surface area contributed by atoms with Gasteiger partial charge in [0.05, 0.1) is 10.6 Å². The van der Waals surface area contributed by atoms with Gasteiger partial charge in [0.1, 0.15) is 5.75 Å².